The van der Waals surface area contributed by atoms with Gasteiger partial charge in [-0.1, -0.05) is 36.4 Å². The topological polar surface area (TPSA) is 72.6 Å². The van der Waals surface area contributed by atoms with Crippen LogP contribution in [0.25, 0.3) is 0 Å². The second-order valence-corrected chi connectivity index (χ2v) is 9.43. The minimum atomic E-state index is -0.252. The van der Waals surface area contributed by atoms with E-state index in [9.17, 15) is 9.59 Å². The van der Waals surface area contributed by atoms with Gasteiger partial charge in [0.25, 0.3) is 0 Å². The van der Waals surface area contributed by atoms with Gasteiger partial charge in [0, 0.05) is 29.3 Å². The van der Waals surface area contributed by atoms with Gasteiger partial charge in [0.2, 0.25) is 5.91 Å². The molecular formula is C26H30N2O3. The number of carbonyl (C=O) groups excluding carboxylic acids is 2. The van der Waals surface area contributed by atoms with Crippen molar-refractivity contribution < 1.29 is 14.3 Å². The van der Waals surface area contributed by atoms with Gasteiger partial charge in [-0.2, -0.15) is 0 Å². The fourth-order valence-corrected chi connectivity index (χ4v) is 6.36. The third-order valence-electron chi connectivity index (χ3n) is 7.66. The summed E-state index contributed by atoms with van der Waals surface area (Å²) in [6.45, 7) is 1.95. The molecule has 162 valence electrons. The van der Waals surface area contributed by atoms with Gasteiger partial charge in [0.15, 0.2) is 0 Å². The molecule has 1 aliphatic heterocycles. The molecule has 0 spiro atoms. The standard InChI is InChI=1S/C26H30N2O3/c1-16-23-22(26(30)31-16)15-17-14-18(27)12-13-21(17)24(23)25(29)28(19-8-4-2-5-9-19)20-10-6-3-7-11-20/h2-11,16-18,21-24H,12-15,27H2,1H3/t16-,17+,18-,21-,22-,23-,24-/m0/s1. The summed E-state index contributed by atoms with van der Waals surface area (Å²) in [5.74, 6) is -0.0697. The molecule has 2 aliphatic carbocycles. The van der Waals surface area contributed by atoms with Gasteiger partial charge in [-0.15, -0.1) is 0 Å². The van der Waals surface area contributed by atoms with Gasteiger partial charge < -0.3 is 10.5 Å². The molecule has 2 aromatic carbocycles. The number of rotatable bonds is 3. The number of ether oxygens (including phenoxy) is 1. The van der Waals surface area contributed by atoms with E-state index in [0.29, 0.717) is 5.92 Å². The van der Waals surface area contributed by atoms with Crippen LogP contribution in [0.15, 0.2) is 60.7 Å². The first-order valence-corrected chi connectivity index (χ1v) is 11.4. The van der Waals surface area contributed by atoms with E-state index < -0.39 is 0 Å². The molecule has 0 bridgehead atoms. The summed E-state index contributed by atoms with van der Waals surface area (Å²) in [6.07, 6.45) is 3.31. The van der Waals surface area contributed by atoms with Crippen LogP contribution >= 0.6 is 0 Å². The second-order valence-electron chi connectivity index (χ2n) is 9.43. The van der Waals surface area contributed by atoms with E-state index in [0.717, 1.165) is 37.1 Å². The number of anilines is 2. The first-order chi connectivity index (χ1) is 15.0. The molecule has 31 heavy (non-hydrogen) atoms. The van der Waals surface area contributed by atoms with Crippen molar-refractivity contribution in [1.82, 2.24) is 0 Å². The molecule has 5 nitrogen and oxygen atoms in total. The number of nitrogens with two attached hydrogens (primary N) is 1. The highest BCUT2D eigenvalue weighted by molar-refractivity contribution is 6.02. The summed E-state index contributed by atoms with van der Waals surface area (Å²) in [5.41, 5.74) is 7.99. The van der Waals surface area contributed by atoms with E-state index in [4.69, 9.17) is 10.5 Å². The van der Waals surface area contributed by atoms with Gasteiger partial charge in [0.1, 0.15) is 6.10 Å². The number of benzene rings is 2. The van der Waals surface area contributed by atoms with E-state index in [1.165, 1.54) is 0 Å². The Morgan fingerprint density at radius 1 is 0.968 bits per heavy atom. The minimum absolute atomic E-state index is 0.0720. The van der Waals surface area contributed by atoms with Gasteiger partial charge in [-0.25, -0.2) is 0 Å². The van der Waals surface area contributed by atoms with Crippen molar-refractivity contribution in [1.29, 1.82) is 0 Å². The molecule has 0 radical (unpaired) electrons. The highest BCUT2D eigenvalue weighted by atomic mass is 16.6. The molecule has 0 unspecified atom stereocenters. The van der Waals surface area contributed by atoms with Crippen LogP contribution in [0, 0.1) is 29.6 Å². The van der Waals surface area contributed by atoms with Crippen molar-refractivity contribution in [3.05, 3.63) is 60.7 Å². The highest BCUT2D eigenvalue weighted by Crippen LogP contribution is 2.54. The van der Waals surface area contributed by atoms with Crippen LogP contribution in [-0.2, 0) is 14.3 Å². The van der Waals surface area contributed by atoms with Crippen LogP contribution in [-0.4, -0.2) is 24.0 Å². The lowest BCUT2D eigenvalue weighted by Gasteiger charge is -2.48. The number of hydrogen-bond acceptors (Lipinski definition) is 4. The van der Waals surface area contributed by atoms with Gasteiger partial charge in [0.05, 0.1) is 5.92 Å². The summed E-state index contributed by atoms with van der Waals surface area (Å²) in [7, 11) is 0. The van der Waals surface area contributed by atoms with Crippen molar-refractivity contribution in [3.63, 3.8) is 0 Å². The monoisotopic (exact) mass is 418 g/mol. The number of fused-ring (bicyclic) bond motifs is 2. The normalized spacial score (nSPS) is 34.4. The lowest BCUT2D eigenvalue weighted by Crippen LogP contribution is -2.52. The van der Waals surface area contributed by atoms with Crippen molar-refractivity contribution in [3.8, 4) is 0 Å². The molecule has 1 heterocycles. The van der Waals surface area contributed by atoms with Crippen LogP contribution in [0.3, 0.4) is 0 Å². The maximum Gasteiger partial charge on any atom is 0.309 e. The molecule has 2 aromatic rings. The maximum atomic E-state index is 14.4. The highest BCUT2D eigenvalue weighted by Gasteiger charge is 2.58. The summed E-state index contributed by atoms with van der Waals surface area (Å²) in [5, 5.41) is 0. The quantitative estimate of drug-likeness (QED) is 0.755. The van der Waals surface area contributed by atoms with Gasteiger partial charge >= 0.3 is 5.97 Å². The van der Waals surface area contributed by atoms with E-state index >= 15 is 0 Å². The van der Waals surface area contributed by atoms with Gasteiger partial charge in [-0.3, -0.25) is 14.5 Å². The molecular weight excluding hydrogens is 388 g/mol. The number of nitrogens with zero attached hydrogens (tertiary/aromatic N) is 1. The number of carbonyl (C=O) groups is 2. The average Bonchev–Trinajstić information content (AvgIpc) is 3.06. The SMILES string of the molecule is C[C@@H]1OC(=O)[C@H]2C[C@H]3C[C@@H](N)CC[C@@H]3[C@H](C(=O)N(c3ccccc3)c3ccccc3)[C@@H]12. The molecule has 3 aliphatic rings. The Morgan fingerprint density at radius 3 is 2.19 bits per heavy atom. The molecule has 2 saturated carbocycles. The summed E-state index contributed by atoms with van der Waals surface area (Å²) in [4.78, 5) is 28.9. The Morgan fingerprint density at radius 2 is 1.58 bits per heavy atom. The summed E-state index contributed by atoms with van der Waals surface area (Å²) < 4.78 is 5.67. The van der Waals surface area contributed by atoms with Crippen LogP contribution in [0.5, 0.6) is 0 Å². The molecule has 3 fully saturated rings. The first kappa shape index (κ1) is 20.3. The second kappa shape index (κ2) is 8.12. The minimum Gasteiger partial charge on any atom is -0.462 e. The third kappa shape index (κ3) is 3.55. The Bertz CT molecular complexity index is 908. The molecule has 5 heteroatoms. The zero-order valence-corrected chi connectivity index (χ0v) is 17.9. The van der Waals surface area contributed by atoms with Crippen LogP contribution in [0.2, 0.25) is 0 Å². The number of esters is 1. The van der Waals surface area contributed by atoms with Crippen LogP contribution in [0.1, 0.15) is 32.6 Å². The Kier molecular flexibility index (Phi) is 5.30. The van der Waals surface area contributed by atoms with Gasteiger partial charge in [-0.05, 0) is 68.7 Å². The van der Waals surface area contributed by atoms with E-state index in [1.54, 1.807) is 0 Å². The number of hydrogen-bond donors (Lipinski definition) is 1. The van der Waals surface area contributed by atoms with Crippen molar-refractivity contribution in [2.45, 2.75) is 44.8 Å². The summed E-state index contributed by atoms with van der Waals surface area (Å²) in [6, 6.07) is 19.8. The Labute approximate surface area is 183 Å². The number of amides is 1. The molecule has 0 aromatic heterocycles. The lowest BCUT2D eigenvalue weighted by molar-refractivity contribution is -0.144. The maximum absolute atomic E-state index is 14.4. The summed E-state index contributed by atoms with van der Waals surface area (Å²) >= 11 is 0. The number of cyclic esters (lactones) is 1. The Hall–Kier alpha value is -2.66. The van der Waals surface area contributed by atoms with E-state index in [1.807, 2.05) is 72.5 Å². The molecule has 2 N–H and O–H groups in total. The Balaban J connectivity index is 1.58. The molecule has 5 rings (SSSR count). The molecule has 1 saturated heterocycles. The first-order valence-electron chi connectivity index (χ1n) is 11.4. The number of para-hydroxylation sites is 2. The van der Waals surface area contributed by atoms with E-state index in [2.05, 4.69) is 0 Å². The zero-order chi connectivity index (χ0) is 21.5. The molecule has 7 atom stereocenters. The smallest absolute Gasteiger partial charge is 0.309 e. The zero-order valence-electron chi connectivity index (χ0n) is 17.9. The fraction of sp³-hybridized carbons (Fsp3) is 0.462. The predicted molar refractivity (Wildman–Crippen MR) is 119 cm³/mol. The predicted octanol–water partition coefficient (Wildman–Crippen LogP) is 4.29. The van der Waals surface area contributed by atoms with E-state index in [-0.39, 0.29) is 47.7 Å². The van der Waals surface area contributed by atoms with Crippen molar-refractivity contribution >= 4 is 23.3 Å². The average molecular weight is 419 g/mol. The fourth-order valence-electron chi connectivity index (χ4n) is 6.36. The van der Waals surface area contributed by atoms with Crippen molar-refractivity contribution in [2.24, 2.45) is 35.3 Å². The van der Waals surface area contributed by atoms with Crippen molar-refractivity contribution in [2.75, 3.05) is 4.90 Å². The van der Waals surface area contributed by atoms with Crippen LogP contribution in [0.4, 0.5) is 11.4 Å². The van der Waals surface area contributed by atoms with Crippen LogP contribution < -0.4 is 10.6 Å². The lowest BCUT2D eigenvalue weighted by atomic mass is 9.56. The molecule has 1 amide bonds. The largest absolute Gasteiger partial charge is 0.462 e. The third-order valence-corrected chi connectivity index (χ3v) is 7.66.